The van der Waals surface area contributed by atoms with Crippen molar-refractivity contribution in [2.75, 3.05) is 26.7 Å². The number of rotatable bonds is 5. The molecular formula is C22H27F2N3O. The van der Waals surface area contributed by atoms with Crippen LogP contribution in [0.25, 0.3) is 0 Å². The first-order valence-corrected chi connectivity index (χ1v) is 9.69. The van der Waals surface area contributed by atoms with Crippen molar-refractivity contribution in [3.63, 3.8) is 0 Å². The van der Waals surface area contributed by atoms with Crippen LogP contribution in [0.1, 0.15) is 31.2 Å². The van der Waals surface area contributed by atoms with Gasteiger partial charge in [0, 0.05) is 39.5 Å². The molecule has 0 amide bonds. The van der Waals surface area contributed by atoms with Gasteiger partial charge in [-0.2, -0.15) is 0 Å². The molecule has 0 spiro atoms. The Balaban J connectivity index is 1.48. The monoisotopic (exact) mass is 387 g/mol. The van der Waals surface area contributed by atoms with E-state index in [0.717, 1.165) is 43.2 Å². The summed E-state index contributed by atoms with van der Waals surface area (Å²) in [5.41, 5.74) is 0.761. The lowest BCUT2D eigenvalue weighted by atomic mass is 10.0. The third-order valence-electron chi connectivity index (χ3n) is 5.08. The van der Waals surface area contributed by atoms with Crippen molar-refractivity contribution in [3.05, 3.63) is 65.7 Å². The normalized spacial score (nSPS) is 16.7. The molecule has 1 N–H and O–H groups in total. The fourth-order valence-electron chi connectivity index (χ4n) is 3.39. The Hall–Kier alpha value is -2.63. The van der Waals surface area contributed by atoms with Gasteiger partial charge in [0.25, 0.3) is 0 Å². The Labute approximate surface area is 165 Å². The number of piperidine rings is 1. The summed E-state index contributed by atoms with van der Waals surface area (Å²) >= 11 is 0. The zero-order valence-electron chi connectivity index (χ0n) is 16.4. The molecule has 0 bridgehead atoms. The summed E-state index contributed by atoms with van der Waals surface area (Å²) in [7, 11) is 1.76. The number of hydrogen-bond donors (Lipinski definition) is 1. The zero-order chi connectivity index (χ0) is 19.9. The van der Waals surface area contributed by atoms with Gasteiger partial charge in [-0.15, -0.1) is 0 Å². The molecule has 1 fully saturated rings. The summed E-state index contributed by atoms with van der Waals surface area (Å²) in [5, 5.41) is 3.35. The highest BCUT2D eigenvalue weighted by molar-refractivity contribution is 5.80. The Morgan fingerprint density at radius 1 is 1.14 bits per heavy atom. The predicted molar refractivity (Wildman–Crippen MR) is 108 cm³/mol. The lowest BCUT2D eigenvalue weighted by Gasteiger charge is -2.34. The quantitative estimate of drug-likeness (QED) is 0.618. The van der Waals surface area contributed by atoms with Gasteiger partial charge in [-0.25, -0.2) is 8.78 Å². The lowest BCUT2D eigenvalue weighted by Crippen LogP contribution is -2.48. The van der Waals surface area contributed by atoms with Crippen molar-refractivity contribution < 1.29 is 13.5 Å². The Morgan fingerprint density at radius 3 is 2.50 bits per heavy atom. The summed E-state index contributed by atoms with van der Waals surface area (Å²) < 4.78 is 32.6. The molecule has 2 aromatic carbocycles. The van der Waals surface area contributed by atoms with Crippen LogP contribution in [0, 0.1) is 11.6 Å². The first kappa shape index (κ1) is 20.1. The lowest BCUT2D eigenvalue weighted by molar-refractivity contribution is 0.129. The minimum absolute atomic E-state index is 0.0332. The van der Waals surface area contributed by atoms with Gasteiger partial charge in [0.15, 0.2) is 17.6 Å². The number of aliphatic imine (C=N–C) groups is 1. The Kier molecular flexibility index (Phi) is 6.85. The van der Waals surface area contributed by atoms with Gasteiger partial charge in [0.1, 0.15) is 11.9 Å². The van der Waals surface area contributed by atoms with Gasteiger partial charge in [0.05, 0.1) is 0 Å². The molecule has 0 aliphatic carbocycles. The highest BCUT2D eigenvalue weighted by Crippen LogP contribution is 2.20. The molecule has 150 valence electrons. The summed E-state index contributed by atoms with van der Waals surface area (Å²) in [6, 6.07) is 13.9. The molecule has 0 saturated carbocycles. The smallest absolute Gasteiger partial charge is 0.193 e. The molecule has 6 heteroatoms. The van der Waals surface area contributed by atoms with Crippen molar-refractivity contribution in [1.29, 1.82) is 0 Å². The molecular weight excluding hydrogens is 360 g/mol. The number of likely N-dealkylation sites (tertiary alicyclic amines) is 1. The van der Waals surface area contributed by atoms with Crippen molar-refractivity contribution in [3.8, 4) is 5.75 Å². The van der Waals surface area contributed by atoms with E-state index in [4.69, 9.17) is 4.74 Å². The van der Waals surface area contributed by atoms with Gasteiger partial charge in [-0.05, 0) is 35.7 Å². The van der Waals surface area contributed by atoms with Gasteiger partial charge in [-0.3, -0.25) is 4.99 Å². The SMILES string of the molecule is CN=C(NCC(C)c1ccc(F)c(F)c1)N1CCC(Oc2ccccc2)CC1. The topological polar surface area (TPSA) is 36.9 Å². The van der Waals surface area contributed by atoms with Gasteiger partial charge in [0.2, 0.25) is 0 Å². The average Bonchev–Trinajstić information content (AvgIpc) is 2.72. The van der Waals surface area contributed by atoms with Crippen LogP contribution in [-0.2, 0) is 0 Å². The summed E-state index contributed by atoms with van der Waals surface area (Å²) in [6.07, 6.45) is 2.06. The maximum atomic E-state index is 13.4. The number of hydrogen-bond acceptors (Lipinski definition) is 2. The average molecular weight is 387 g/mol. The van der Waals surface area contributed by atoms with Crippen LogP contribution in [0.15, 0.2) is 53.5 Å². The maximum Gasteiger partial charge on any atom is 0.193 e. The maximum absolute atomic E-state index is 13.4. The number of halogens is 2. The highest BCUT2D eigenvalue weighted by Gasteiger charge is 2.23. The van der Waals surface area contributed by atoms with Crippen LogP contribution >= 0.6 is 0 Å². The second-order valence-corrected chi connectivity index (χ2v) is 7.12. The minimum Gasteiger partial charge on any atom is -0.490 e. The zero-order valence-corrected chi connectivity index (χ0v) is 16.4. The number of benzene rings is 2. The molecule has 28 heavy (non-hydrogen) atoms. The van der Waals surface area contributed by atoms with Crippen molar-refractivity contribution in [2.24, 2.45) is 4.99 Å². The van der Waals surface area contributed by atoms with Crippen LogP contribution in [0.3, 0.4) is 0 Å². The van der Waals surface area contributed by atoms with Crippen LogP contribution < -0.4 is 10.1 Å². The standard InChI is InChI=1S/C22H27F2N3O/c1-16(17-8-9-20(23)21(24)14-17)15-26-22(25-2)27-12-10-19(11-13-27)28-18-6-4-3-5-7-18/h3-9,14,16,19H,10-13,15H2,1-2H3,(H,25,26). The van der Waals surface area contributed by atoms with Crippen molar-refractivity contribution in [2.45, 2.75) is 31.8 Å². The Morgan fingerprint density at radius 2 is 1.86 bits per heavy atom. The van der Waals surface area contributed by atoms with E-state index in [2.05, 4.69) is 15.2 Å². The van der Waals surface area contributed by atoms with Crippen LogP contribution in [0.2, 0.25) is 0 Å². The molecule has 0 radical (unpaired) electrons. The second kappa shape index (κ2) is 9.53. The fourth-order valence-corrected chi connectivity index (χ4v) is 3.39. The first-order valence-electron chi connectivity index (χ1n) is 9.69. The molecule has 2 aromatic rings. The predicted octanol–water partition coefficient (Wildman–Crippen LogP) is 4.19. The van der Waals surface area contributed by atoms with Crippen LogP contribution in [0.5, 0.6) is 5.75 Å². The first-order chi connectivity index (χ1) is 13.6. The number of para-hydroxylation sites is 1. The van der Waals surface area contributed by atoms with E-state index < -0.39 is 11.6 Å². The van der Waals surface area contributed by atoms with E-state index in [-0.39, 0.29) is 12.0 Å². The van der Waals surface area contributed by atoms with Crippen molar-refractivity contribution in [1.82, 2.24) is 10.2 Å². The minimum atomic E-state index is -0.819. The van der Waals surface area contributed by atoms with E-state index in [9.17, 15) is 8.78 Å². The third-order valence-corrected chi connectivity index (χ3v) is 5.08. The summed E-state index contributed by atoms with van der Waals surface area (Å²) in [4.78, 5) is 6.59. The fraction of sp³-hybridized carbons (Fsp3) is 0.409. The summed E-state index contributed by atoms with van der Waals surface area (Å²) in [5.74, 6) is 0.136. The molecule has 3 rings (SSSR count). The van der Waals surface area contributed by atoms with E-state index in [0.29, 0.717) is 6.54 Å². The highest BCUT2D eigenvalue weighted by atomic mass is 19.2. The Bertz CT molecular complexity index is 790. The largest absolute Gasteiger partial charge is 0.490 e. The molecule has 1 aliphatic rings. The molecule has 1 unspecified atom stereocenters. The molecule has 1 atom stereocenters. The molecule has 0 aromatic heterocycles. The molecule has 1 aliphatic heterocycles. The van der Waals surface area contributed by atoms with Gasteiger partial charge >= 0.3 is 0 Å². The summed E-state index contributed by atoms with van der Waals surface area (Å²) in [6.45, 7) is 4.29. The van der Waals surface area contributed by atoms with Crippen LogP contribution in [0.4, 0.5) is 8.78 Å². The number of nitrogens with one attached hydrogen (secondary N) is 1. The van der Waals surface area contributed by atoms with Gasteiger partial charge < -0.3 is 15.0 Å². The van der Waals surface area contributed by atoms with E-state index >= 15 is 0 Å². The number of guanidine groups is 1. The number of ether oxygens (including phenoxy) is 1. The number of nitrogens with zero attached hydrogens (tertiary/aromatic N) is 2. The second-order valence-electron chi connectivity index (χ2n) is 7.12. The molecule has 1 saturated heterocycles. The van der Waals surface area contributed by atoms with E-state index in [1.807, 2.05) is 37.3 Å². The third kappa shape index (κ3) is 5.21. The van der Waals surface area contributed by atoms with Crippen LogP contribution in [-0.4, -0.2) is 43.6 Å². The molecule has 4 nitrogen and oxygen atoms in total. The molecule has 1 heterocycles. The van der Waals surface area contributed by atoms with Gasteiger partial charge in [-0.1, -0.05) is 31.2 Å². The van der Waals surface area contributed by atoms with E-state index in [1.54, 1.807) is 13.1 Å². The van der Waals surface area contributed by atoms with E-state index in [1.165, 1.54) is 12.1 Å². The van der Waals surface area contributed by atoms with Crippen molar-refractivity contribution >= 4 is 5.96 Å².